The van der Waals surface area contributed by atoms with E-state index in [1.807, 2.05) is 6.92 Å². The number of nitrogens with two attached hydrogens (primary N) is 1. The number of quaternary nitrogens is 1. The van der Waals surface area contributed by atoms with Crippen LogP contribution in [0, 0.1) is 0 Å². The normalized spacial score (nSPS) is 19.5. The van der Waals surface area contributed by atoms with Crippen LogP contribution in [0.2, 0.25) is 0 Å². The summed E-state index contributed by atoms with van der Waals surface area (Å²) in [6, 6.07) is 0. The Balaban J connectivity index is 2.01. The highest BCUT2D eigenvalue weighted by Gasteiger charge is 2.38. The van der Waals surface area contributed by atoms with E-state index in [0.29, 0.717) is 0 Å². The molecule has 2 unspecified atom stereocenters. The molecule has 2 N–H and O–H groups in total. The SMILES string of the molecule is CCCCCCC/C=C/CCCCCCCCCC1=NC=C[N+]1(CC(=O)[O-])C(C)N. The number of amidine groups is 1. The molecule has 5 nitrogen and oxygen atoms in total. The summed E-state index contributed by atoms with van der Waals surface area (Å²) in [7, 11) is 0. The van der Waals surface area contributed by atoms with Crippen molar-refractivity contribution in [2.75, 3.05) is 6.54 Å². The van der Waals surface area contributed by atoms with Gasteiger partial charge in [-0.3, -0.25) is 5.73 Å². The number of allylic oxidation sites excluding steroid dienone is 2. The molecular weight excluding hydrogens is 374 g/mol. The summed E-state index contributed by atoms with van der Waals surface area (Å²) in [4.78, 5) is 15.6. The third-order valence-electron chi connectivity index (χ3n) is 6.07. The van der Waals surface area contributed by atoms with E-state index < -0.39 is 5.97 Å². The molecule has 0 aromatic rings. The van der Waals surface area contributed by atoms with E-state index in [9.17, 15) is 9.90 Å². The molecule has 1 aliphatic rings. The number of carbonyl (C=O) groups is 1. The highest BCUT2D eigenvalue weighted by atomic mass is 16.4. The molecule has 0 aromatic carbocycles. The molecule has 1 heterocycles. The number of hydrogen-bond acceptors (Lipinski definition) is 4. The lowest BCUT2D eigenvalue weighted by molar-refractivity contribution is -0.808. The zero-order chi connectivity index (χ0) is 22.1. The third kappa shape index (κ3) is 10.5. The zero-order valence-corrected chi connectivity index (χ0v) is 19.5. The summed E-state index contributed by atoms with van der Waals surface area (Å²) < 4.78 is 0.106. The van der Waals surface area contributed by atoms with Gasteiger partial charge in [0, 0.05) is 13.3 Å². The predicted octanol–water partition coefficient (Wildman–Crippen LogP) is 5.17. The lowest BCUT2D eigenvalue weighted by Crippen LogP contribution is -2.60. The average molecular weight is 420 g/mol. The number of aliphatic imine (C=N–C) groups is 1. The Morgan fingerprint density at radius 3 is 2.07 bits per heavy atom. The van der Waals surface area contributed by atoms with Crippen LogP contribution < -0.4 is 10.8 Å². The summed E-state index contributed by atoms with van der Waals surface area (Å²) in [5, 5.41) is 11.2. The van der Waals surface area contributed by atoms with Crippen molar-refractivity contribution in [1.29, 1.82) is 0 Å². The monoisotopic (exact) mass is 419 g/mol. The molecule has 0 bridgehead atoms. The van der Waals surface area contributed by atoms with Gasteiger partial charge in [0.05, 0.1) is 12.2 Å². The van der Waals surface area contributed by atoms with E-state index >= 15 is 0 Å². The lowest BCUT2D eigenvalue weighted by atomic mass is 10.1. The Bertz CT molecular complexity index is 555. The minimum absolute atomic E-state index is 0.106. The Kier molecular flexibility index (Phi) is 14.4. The van der Waals surface area contributed by atoms with Crippen LogP contribution in [0.25, 0.3) is 0 Å². The van der Waals surface area contributed by atoms with Crippen molar-refractivity contribution in [2.24, 2.45) is 10.7 Å². The first-order valence-electron chi connectivity index (χ1n) is 12.3. The van der Waals surface area contributed by atoms with Gasteiger partial charge in [-0.2, -0.15) is 0 Å². The van der Waals surface area contributed by atoms with Crippen LogP contribution in [0.5, 0.6) is 0 Å². The molecule has 0 aromatic heterocycles. The van der Waals surface area contributed by atoms with Gasteiger partial charge in [0.2, 0.25) is 5.84 Å². The quantitative estimate of drug-likeness (QED) is 0.178. The number of aliphatic carboxylic acids is 1. The number of unbranched alkanes of at least 4 members (excludes halogenated alkanes) is 12. The van der Waals surface area contributed by atoms with Crippen molar-refractivity contribution >= 4 is 11.8 Å². The van der Waals surface area contributed by atoms with Crippen molar-refractivity contribution in [2.45, 2.75) is 116 Å². The minimum Gasteiger partial charge on any atom is -0.544 e. The van der Waals surface area contributed by atoms with Gasteiger partial charge in [0.1, 0.15) is 18.9 Å². The number of hydrogen-bond donors (Lipinski definition) is 1. The summed E-state index contributed by atoms with van der Waals surface area (Å²) in [5.74, 6) is -0.236. The zero-order valence-electron chi connectivity index (χ0n) is 19.5. The van der Waals surface area contributed by atoms with Crippen molar-refractivity contribution in [1.82, 2.24) is 0 Å². The molecule has 0 amide bonds. The number of carboxylic acid groups (broad SMARTS) is 1. The van der Waals surface area contributed by atoms with Gasteiger partial charge in [-0.15, -0.1) is 0 Å². The van der Waals surface area contributed by atoms with E-state index in [-0.39, 0.29) is 17.2 Å². The molecule has 1 rings (SSSR count). The third-order valence-corrected chi connectivity index (χ3v) is 6.07. The van der Waals surface area contributed by atoms with Gasteiger partial charge >= 0.3 is 0 Å². The molecule has 5 heteroatoms. The number of carboxylic acids is 1. The molecule has 0 spiro atoms. The predicted molar refractivity (Wildman–Crippen MR) is 124 cm³/mol. The summed E-state index contributed by atoms with van der Waals surface area (Å²) >= 11 is 0. The van der Waals surface area contributed by atoms with Crippen molar-refractivity contribution < 1.29 is 14.4 Å². The van der Waals surface area contributed by atoms with Crippen LogP contribution >= 0.6 is 0 Å². The van der Waals surface area contributed by atoms with E-state index in [1.54, 1.807) is 12.4 Å². The Hall–Kier alpha value is -1.46. The van der Waals surface area contributed by atoms with Crippen LogP contribution in [0.15, 0.2) is 29.5 Å². The van der Waals surface area contributed by atoms with Crippen LogP contribution in [-0.4, -0.2) is 29.0 Å². The highest BCUT2D eigenvalue weighted by Crippen LogP contribution is 2.23. The van der Waals surface area contributed by atoms with Crippen molar-refractivity contribution in [3.8, 4) is 0 Å². The van der Waals surface area contributed by atoms with Gasteiger partial charge < -0.3 is 9.90 Å². The number of rotatable bonds is 19. The topological polar surface area (TPSA) is 78.5 Å². The molecule has 172 valence electrons. The molecule has 0 aliphatic carbocycles. The number of carbonyl (C=O) groups excluding carboxylic acids is 1. The van der Waals surface area contributed by atoms with Crippen LogP contribution in [0.1, 0.15) is 110 Å². The smallest absolute Gasteiger partial charge is 0.209 e. The maximum Gasteiger partial charge on any atom is 0.209 e. The first-order valence-corrected chi connectivity index (χ1v) is 12.3. The average Bonchev–Trinajstić information content (AvgIpc) is 3.10. The lowest BCUT2D eigenvalue weighted by Gasteiger charge is -2.36. The largest absolute Gasteiger partial charge is 0.544 e. The molecule has 30 heavy (non-hydrogen) atoms. The van der Waals surface area contributed by atoms with Gasteiger partial charge in [0.15, 0.2) is 0 Å². The fourth-order valence-electron chi connectivity index (χ4n) is 4.11. The first kappa shape index (κ1) is 26.6. The second-order valence-electron chi connectivity index (χ2n) is 8.73. The Morgan fingerprint density at radius 2 is 1.53 bits per heavy atom. The van der Waals surface area contributed by atoms with Gasteiger partial charge in [-0.25, -0.2) is 9.48 Å². The molecule has 0 saturated heterocycles. The van der Waals surface area contributed by atoms with Crippen LogP contribution in [0.3, 0.4) is 0 Å². The highest BCUT2D eigenvalue weighted by molar-refractivity contribution is 5.81. The fourth-order valence-corrected chi connectivity index (χ4v) is 4.11. The summed E-state index contributed by atoms with van der Waals surface area (Å²) in [6.07, 6.45) is 26.5. The molecule has 1 aliphatic heterocycles. The van der Waals surface area contributed by atoms with Crippen molar-refractivity contribution in [3.05, 3.63) is 24.6 Å². The standard InChI is InChI=1S/C25H45N3O2/c1-3-4-5-6-7-8-9-10-11-12-13-14-15-16-17-18-19-24-27-20-21-28(24,23(2)26)22-25(29)30/h9-10,20-21,23H,3-8,11-19,22,26H2,1-2H3/b10-9+. The fraction of sp³-hybridized carbons (Fsp3) is 0.760. The van der Waals surface area contributed by atoms with E-state index in [2.05, 4.69) is 24.1 Å². The molecule has 0 radical (unpaired) electrons. The van der Waals surface area contributed by atoms with Gasteiger partial charge in [0.25, 0.3) is 0 Å². The molecule has 0 saturated carbocycles. The Morgan fingerprint density at radius 1 is 1.00 bits per heavy atom. The second kappa shape index (κ2) is 16.3. The first-order chi connectivity index (χ1) is 14.5. The summed E-state index contributed by atoms with van der Waals surface area (Å²) in [6.45, 7) is 3.95. The van der Waals surface area contributed by atoms with Gasteiger partial charge in [-0.05, 0) is 32.1 Å². The molecular formula is C25H45N3O2. The van der Waals surface area contributed by atoms with E-state index in [0.717, 1.165) is 25.1 Å². The minimum atomic E-state index is -1.09. The maximum atomic E-state index is 11.2. The summed E-state index contributed by atoms with van der Waals surface area (Å²) in [5.41, 5.74) is 6.08. The molecule has 0 fully saturated rings. The van der Waals surface area contributed by atoms with E-state index in [1.165, 1.54) is 77.0 Å². The van der Waals surface area contributed by atoms with Crippen LogP contribution in [0.4, 0.5) is 0 Å². The Labute approximate surface area is 184 Å². The number of nitrogens with zero attached hydrogens (tertiary/aromatic N) is 2. The van der Waals surface area contributed by atoms with E-state index in [4.69, 9.17) is 5.73 Å². The maximum absolute atomic E-state index is 11.2. The van der Waals surface area contributed by atoms with Crippen LogP contribution in [-0.2, 0) is 4.79 Å². The van der Waals surface area contributed by atoms with Crippen molar-refractivity contribution in [3.63, 3.8) is 0 Å². The van der Waals surface area contributed by atoms with Gasteiger partial charge in [-0.1, -0.05) is 76.9 Å². The second-order valence-corrected chi connectivity index (χ2v) is 8.73. The molecule has 2 atom stereocenters.